The van der Waals surface area contributed by atoms with E-state index in [-0.39, 0.29) is 22.6 Å². The number of urea groups is 1. The Balaban J connectivity index is 1.63. The zero-order valence-corrected chi connectivity index (χ0v) is 22.5. The Morgan fingerprint density at radius 1 is 1.08 bits per heavy atom. The molecular formula is C25H15Br2ClFN3O5. The fourth-order valence-corrected chi connectivity index (χ4v) is 4.92. The summed E-state index contributed by atoms with van der Waals surface area (Å²) >= 11 is 12.8. The number of halogens is 4. The Morgan fingerprint density at radius 3 is 2.49 bits per heavy atom. The maximum Gasteiger partial charge on any atom is 0.335 e. The lowest BCUT2D eigenvalue weighted by atomic mass is 10.1. The summed E-state index contributed by atoms with van der Waals surface area (Å²) in [6, 6.07) is 13.6. The van der Waals surface area contributed by atoms with Gasteiger partial charge in [-0.1, -0.05) is 39.7 Å². The Hall–Kier alpha value is -3.54. The number of ether oxygens (including phenoxy) is 1. The fraction of sp³-hybridized carbons (Fsp3) is 0.0400. The Labute approximate surface area is 231 Å². The van der Waals surface area contributed by atoms with Crippen LogP contribution < -0.4 is 20.3 Å². The maximum absolute atomic E-state index is 13.3. The summed E-state index contributed by atoms with van der Waals surface area (Å²) in [6.45, 7) is -0.415. The van der Waals surface area contributed by atoms with Crippen LogP contribution in [0.1, 0.15) is 5.56 Å². The van der Waals surface area contributed by atoms with Gasteiger partial charge in [-0.2, -0.15) is 0 Å². The van der Waals surface area contributed by atoms with Crippen molar-refractivity contribution in [3.63, 3.8) is 0 Å². The molecule has 0 aromatic heterocycles. The van der Waals surface area contributed by atoms with Crippen LogP contribution in [0.4, 0.5) is 20.6 Å². The van der Waals surface area contributed by atoms with Crippen molar-refractivity contribution in [2.24, 2.45) is 0 Å². The molecule has 0 unspecified atom stereocenters. The molecule has 0 bridgehead atoms. The monoisotopic (exact) mass is 649 g/mol. The van der Waals surface area contributed by atoms with Gasteiger partial charge >= 0.3 is 6.03 Å². The molecular weight excluding hydrogens is 637 g/mol. The van der Waals surface area contributed by atoms with E-state index in [9.17, 15) is 23.6 Å². The lowest BCUT2D eigenvalue weighted by Crippen LogP contribution is -2.54. The molecule has 1 saturated heterocycles. The standard InChI is InChI=1S/C25H15Br2ClFN3O5/c26-14-9-13(22(18(27)11-14)37-12-21(33)30-20-4-2-1-3-19(20)28)10-17-23(34)31-25(36)32(24(17)35)16-7-5-15(29)6-8-16/h1-11H,12H2,(H,30,33)(H,31,34,36)/b17-10+. The third-order valence-corrected chi connectivity index (χ3v) is 6.40. The number of rotatable bonds is 6. The van der Waals surface area contributed by atoms with Gasteiger partial charge in [0.05, 0.1) is 20.9 Å². The van der Waals surface area contributed by atoms with Crippen LogP contribution in [0.2, 0.25) is 5.02 Å². The zero-order valence-electron chi connectivity index (χ0n) is 18.6. The maximum atomic E-state index is 13.3. The number of carbonyl (C=O) groups is 4. The second-order valence-electron chi connectivity index (χ2n) is 7.56. The van der Waals surface area contributed by atoms with Crippen molar-refractivity contribution in [1.29, 1.82) is 0 Å². The summed E-state index contributed by atoms with van der Waals surface area (Å²) in [7, 11) is 0. The quantitative estimate of drug-likeness (QED) is 0.264. The number of amides is 5. The molecule has 2 N–H and O–H groups in total. The minimum absolute atomic E-state index is 0.0745. The smallest absolute Gasteiger partial charge is 0.335 e. The molecule has 8 nitrogen and oxygen atoms in total. The summed E-state index contributed by atoms with van der Waals surface area (Å²) in [5.74, 6) is -2.73. The predicted molar refractivity (Wildman–Crippen MR) is 143 cm³/mol. The molecule has 0 spiro atoms. The Kier molecular flexibility index (Phi) is 8.06. The highest BCUT2D eigenvalue weighted by Crippen LogP contribution is 2.35. The highest BCUT2D eigenvalue weighted by molar-refractivity contribution is 9.11. The lowest BCUT2D eigenvalue weighted by Gasteiger charge is -2.26. The molecule has 0 atom stereocenters. The van der Waals surface area contributed by atoms with E-state index < -0.39 is 36.2 Å². The molecule has 12 heteroatoms. The summed E-state index contributed by atoms with van der Waals surface area (Å²) < 4.78 is 20.1. The number of para-hydroxylation sites is 1. The van der Waals surface area contributed by atoms with Gasteiger partial charge in [-0.15, -0.1) is 0 Å². The molecule has 1 aliphatic rings. The van der Waals surface area contributed by atoms with Gasteiger partial charge in [-0.3, -0.25) is 19.7 Å². The number of carbonyl (C=O) groups excluding carboxylic acids is 4. The second kappa shape index (κ2) is 11.2. The second-order valence-corrected chi connectivity index (χ2v) is 9.73. The first-order valence-corrected chi connectivity index (χ1v) is 12.4. The van der Waals surface area contributed by atoms with E-state index in [2.05, 4.69) is 42.5 Å². The van der Waals surface area contributed by atoms with Gasteiger partial charge in [-0.05, 0) is 70.5 Å². The number of barbiturate groups is 1. The number of imide groups is 2. The molecule has 0 radical (unpaired) electrons. The van der Waals surface area contributed by atoms with E-state index >= 15 is 0 Å². The first-order chi connectivity index (χ1) is 17.6. The lowest BCUT2D eigenvalue weighted by molar-refractivity contribution is -0.122. The van der Waals surface area contributed by atoms with E-state index in [1.807, 2.05) is 0 Å². The summed E-state index contributed by atoms with van der Waals surface area (Å²) in [4.78, 5) is 51.3. The van der Waals surface area contributed by atoms with Crippen molar-refractivity contribution in [3.8, 4) is 5.75 Å². The van der Waals surface area contributed by atoms with Crippen molar-refractivity contribution >= 4 is 84.7 Å². The van der Waals surface area contributed by atoms with Gasteiger partial charge in [0.2, 0.25) is 0 Å². The molecule has 3 aromatic carbocycles. The third kappa shape index (κ3) is 6.07. The number of hydrogen-bond donors (Lipinski definition) is 2. The molecule has 1 heterocycles. The highest BCUT2D eigenvalue weighted by atomic mass is 79.9. The fourth-order valence-electron chi connectivity index (χ4n) is 3.36. The van der Waals surface area contributed by atoms with E-state index in [4.69, 9.17) is 16.3 Å². The van der Waals surface area contributed by atoms with Crippen LogP contribution in [-0.4, -0.2) is 30.4 Å². The molecule has 37 heavy (non-hydrogen) atoms. The highest BCUT2D eigenvalue weighted by Gasteiger charge is 2.37. The van der Waals surface area contributed by atoms with Crippen molar-refractivity contribution in [3.05, 3.63) is 91.6 Å². The topological polar surface area (TPSA) is 105 Å². The summed E-state index contributed by atoms with van der Waals surface area (Å²) in [6.07, 6.45) is 1.23. The van der Waals surface area contributed by atoms with Crippen molar-refractivity contribution in [2.75, 3.05) is 16.8 Å². The van der Waals surface area contributed by atoms with Crippen LogP contribution in [0.3, 0.4) is 0 Å². The van der Waals surface area contributed by atoms with Gasteiger partial charge in [0, 0.05) is 10.0 Å². The van der Waals surface area contributed by atoms with Crippen molar-refractivity contribution in [1.82, 2.24) is 5.32 Å². The number of hydrogen-bond acceptors (Lipinski definition) is 5. The average molecular weight is 652 g/mol. The van der Waals surface area contributed by atoms with Crippen LogP contribution in [-0.2, 0) is 14.4 Å². The molecule has 188 valence electrons. The molecule has 1 aliphatic heterocycles. The van der Waals surface area contributed by atoms with Crippen molar-refractivity contribution < 1.29 is 28.3 Å². The number of nitrogens with one attached hydrogen (secondary N) is 2. The van der Waals surface area contributed by atoms with Gasteiger partial charge in [0.15, 0.2) is 6.61 Å². The van der Waals surface area contributed by atoms with Gasteiger partial charge < -0.3 is 10.1 Å². The minimum Gasteiger partial charge on any atom is -0.482 e. The van der Waals surface area contributed by atoms with Crippen molar-refractivity contribution in [2.45, 2.75) is 0 Å². The number of benzene rings is 3. The first kappa shape index (κ1) is 26.5. The van der Waals surface area contributed by atoms with Gasteiger partial charge in [-0.25, -0.2) is 14.1 Å². The predicted octanol–water partition coefficient (Wildman–Crippen LogP) is 5.69. The van der Waals surface area contributed by atoms with E-state index in [1.165, 1.54) is 18.2 Å². The largest absolute Gasteiger partial charge is 0.482 e. The minimum atomic E-state index is -0.970. The third-order valence-electron chi connectivity index (χ3n) is 5.02. The SMILES string of the molecule is O=C(COc1c(Br)cc(Br)cc1/C=C1\C(=O)NC(=O)N(c2ccc(F)cc2)C1=O)Nc1ccccc1Cl. The molecule has 5 amide bonds. The Bertz CT molecular complexity index is 1460. The molecule has 3 aromatic rings. The molecule has 0 aliphatic carbocycles. The molecule has 0 saturated carbocycles. The van der Waals surface area contributed by atoms with E-state index in [0.717, 1.165) is 17.0 Å². The van der Waals surface area contributed by atoms with Crippen LogP contribution in [0.5, 0.6) is 5.75 Å². The molecule has 4 rings (SSSR count). The normalized spacial score (nSPS) is 14.5. The van der Waals surface area contributed by atoms with Crippen LogP contribution in [0.25, 0.3) is 6.08 Å². The summed E-state index contributed by atoms with van der Waals surface area (Å²) in [5.41, 5.74) is 0.369. The van der Waals surface area contributed by atoms with E-state index in [0.29, 0.717) is 19.7 Å². The van der Waals surface area contributed by atoms with Gasteiger partial charge in [0.1, 0.15) is 17.1 Å². The van der Waals surface area contributed by atoms with Crippen LogP contribution in [0.15, 0.2) is 75.2 Å². The average Bonchev–Trinajstić information content (AvgIpc) is 2.83. The number of anilines is 2. The first-order valence-electron chi connectivity index (χ1n) is 10.5. The van der Waals surface area contributed by atoms with E-state index in [1.54, 1.807) is 36.4 Å². The summed E-state index contributed by atoms with van der Waals surface area (Å²) in [5, 5.41) is 5.09. The Morgan fingerprint density at radius 2 is 1.78 bits per heavy atom. The van der Waals surface area contributed by atoms with Crippen LogP contribution >= 0.6 is 43.5 Å². The van der Waals surface area contributed by atoms with Crippen LogP contribution in [0, 0.1) is 5.82 Å². The van der Waals surface area contributed by atoms with Gasteiger partial charge in [0.25, 0.3) is 17.7 Å². The molecule has 1 fully saturated rings. The number of nitrogens with zero attached hydrogens (tertiary/aromatic N) is 1. The zero-order chi connectivity index (χ0) is 26.7.